The number of benzene rings is 2. The molecular weight excluding hydrogens is 402 g/mol. The minimum atomic E-state index is -0.304. The number of pyridine rings is 1. The number of rotatable bonds is 6. The van der Waals surface area contributed by atoms with Gasteiger partial charge in [-0.1, -0.05) is 0 Å². The number of nitrogens with one attached hydrogen (secondary N) is 1. The summed E-state index contributed by atoms with van der Waals surface area (Å²) >= 11 is 1.26. The molecular formula is C22H21N3O4S. The lowest BCUT2D eigenvalue weighted by Gasteiger charge is -2.10. The minimum absolute atomic E-state index is 0.304. The molecule has 0 unspecified atom stereocenters. The summed E-state index contributed by atoms with van der Waals surface area (Å²) in [4.78, 5) is 18.7. The molecule has 8 heteroatoms. The zero-order valence-electron chi connectivity index (χ0n) is 16.8. The van der Waals surface area contributed by atoms with E-state index in [0.717, 1.165) is 22.0 Å². The smallest absolute Gasteiger partial charge is 0.267 e. The highest BCUT2D eigenvalue weighted by Crippen LogP contribution is 2.36. The summed E-state index contributed by atoms with van der Waals surface area (Å²) in [6.07, 6.45) is 0. The number of anilines is 2. The number of ether oxygens (including phenoxy) is 3. The van der Waals surface area contributed by atoms with Crippen molar-refractivity contribution in [3.63, 3.8) is 0 Å². The van der Waals surface area contributed by atoms with Crippen LogP contribution in [0.2, 0.25) is 0 Å². The molecule has 0 aliphatic heterocycles. The van der Waals surface area contributed by atoms with Gasteiger partial charge in [-0.25, -0.2) is 4.98 Å². The molecule has 0 aliphatic carbocycles. The fraction of sp³-hybridized carbons (Fsp3) is 0.182. The molecule has 0 saturated heterocycles. The zero-order chi connectivity index (χ0) is 21.3. The maximum Gasteiger partial charge on any atom is 0.267 e. The third-order valence-corrected chi connectivity index (χ3v) is 5.76. The molecule has 3 N–H and O–H groups in total. The van der Waals surface area contributed by atoms with Crippen molar-refractivity contribution in [3.05, 3.63) is 47.3 Å². The number of thiophene rings is 1. The topological polar surface area (TPSA) is 95.7 Å². The van der Waals surface area contributed by atoms with Crippen molar-refractivity contribution in [2.45, 2.75) is 6.92 Å². The van der Waals surface area contributed by atoms with Crippen LogP contribution in [0.5, 0.6) is 17.2 Å². The van der Waals surface area contributed by atoms with Gasteiger partial charge in [0.15, 0.2) is 11.5 Å². The van der Waals surface area contributed by atoms with Gasteiger partial charge in [-0.2, -0.15) is 0 Å². The van der Waals surface area contributed by atoms with Crippen molar-refractivity contribution in [1.29, 1.82) is 0 Å². The van der Waals surface area contributed by atoms with Gasteiger partial charge in [-0.3, -0.25) is 4.79 Å². The van der Waals surface area contributed by atoms with Gasteiger partial charge in [0.25, 0.3) is 5.91 Å². The monoisotopic (exact) mass is 423 g/mol. The van der Waals surface area contributed by atoms with Crippen molar-refractivity contribution < 1.29 is 19.0 Å². The lowest BCUT2D eigenvalue weighted by Crippen LogP contribution is -2.12. The Bertz CT molecular complexity index is 1250. The second-order valence-electron chi connectivity index (χ2n) is 6.50. The van der Waals surface area contributed by atoms with Gasteiger partial charge in [0.05, 0.1) is 32.0 Å². The Kier molecular flexibility index (Phi) is 5.33. The number of hydrogen-bond acceptors (Lipinski definition) is 7. The van der Waals surface area contributed by atoms with Crippen LogP contribution in [0.15, 0.2) is 42.5 Å². The van der Waals surface area contributed by atoms with E-state index in [4.69, 9.17) is 19.9 Å². The maximum absolute atomic E-state index is 12.9. The number of carbonyl (C=O) groups is 1. The van der Waals surface area contributed by atoms with Gasteiger partial charge in [-0.05, 0) is 43.3 Å². The number of hydrogen-bond donors (Lipinski definition) is 2. The van der Waals surface area contributed by atoms with Gasteiger partial charge < -0.3 is 25.3 Å². The largest absolute Gasteiger partial charge is 0.494 e. The van der Waals surface area contributed by atoms with Gasteiger partial charge in [-0.15, -0.1) is 11.3 Å². The second kappa shape index (κ2) is 8.08. The van der Waals surface area contributed by atoms with Crippen molar-refractivity contribution in [2.24, 2.45) is 0 Å². The first-order chi connectivity index (χ1) is 14.5. The minimum Gasteiger partial charge on any atom is -0.494 e. The van der Waals surface area contributed by atoms with E-state index >= 15 is 0 Å². The molecule has 0 saturated carbocycles. The quantitative estimate of drug-likeness (QED) is 0.467. The first kappa shape index (κ1) is 19.8. The number of amides is 1. The first-order valence-corrected chi connectivity index (χ1v) is 10.1. The van der Waals surface area contributed by atoms with Gasteiger partial charge >= 0.3 is 0 Å². The van der Waals surface area contributed by atoms with E-state index < -0.39 is 0 Å². The maximum atomic E-state index is 12.9. The average Bonchev–Trinajstić information content (AvgIpc) is 3.08. The molecule has 0 radical (unpaired) electrons. The van der Waals surface area contributed by atoms with E-state index in [1.165, 1.54) is 11.3 Å². The first-order valence-electron chi connectivity index (χ1n) is 9.33. The molecule has 0 spiro atoms. The molecule has 154 valence electrons. The van der Waals surface area contributed by atoms with E-state index in [0.29, 0.717) is 39.2 Å². The molecule has 0 bridgehead atoms. The van der Waals surface area contributed by atoms with E-state index in [2.05, 4.69) is 10.3 Å². The summed E-state index contributed by atoms with van der Waals surface area (Å²) in [5.74, 6) is 1.57. The molecule has 2 heterocycles. The van der Waals surface area contributed by atoms with Crippen LogP contribution < -0.4 is 25.3 Å². The van der Waals surface area contributed by atoms with E-state index in [1.807, 2.05) is 31.2 Å². The van der Waals surface area contributed by atoms with E-state index in [-0.39, 0.29) is 5.91 Å². The summed E-state index contributed by atoms with van der Waals surface area (Å²) in [6, 6.07) is 12.8. The molecule has 1 amide bonds. The van der Waals surface area contributed by atoms with Crippen molar-refractivity contribution in [1.82, 2.24) is 4.98 Å². The number of nitrogens with two attached hydrogens (primary N) is 1. The highest BCUT2D eigenvalue weighted by atomic mass is 32.1. The van der Waals surface area contributed by atoms with Gasteiger partial charge in [0.1, 0.15) is 15.5 Å². The number of methoxy groups -OCH3 is 2. The number of aromatic nitrogens is 1. The Balaban J connectivity index is 1.69. The lowest BCUT2D eigenvalue weighted by molar-refractivity contribution is 0.103. The SMILES string of the molecule is CCOc1ccc2nc3sc(C(=O)Nc4ccc(OC)c(OC)c4)c(N)c3cc2c1. The molecule has 0 atom stereocenters. The van der Waals surface area contributed by atoms with Crippen LogP contribution in [0.1, 0.15) is 16.6 Å². The molecule has 0 fully saturated rings. The van der Waals surface area contributed by atoms with Crippen molar-refractivity contribution in [2.75, 3.05) is 31.9 Å². The summed E-state index contributed by atoms with van der Waals surface area (Å²) < 4.78 is 16.1. The Morgan fingerprint density at radius 1 is 1.10 bits per heavy atom. The zero-order valence-corrected chi connectivity index (χ0v) is 17.6. The molecule has 4 rings (SSSR count). The second-order valence-corrected chi connectivity index (χ2v) is 7.50. The van der Waals surface area contributed by atoms with Crippen molar-refractivity contribution in [3.8, 4) is 17.2 Å². The van der Waals surface area contributed by atoms with Crippen LogP contribution in [-0.4, -0.2) is 31.7 Å². The number of nitrogens with zero attached hydrogens (tertiary/aromatic N) is 1. The average molecular weight is 423 g/mol. The highest BCUT2D eigenvalue weighted by Gasteiger charge is 2.19. The van der Waals surface area contributed by atoms with Gasteiger partial charge in [0.2, 0.25) is 0 Å². The molecule has 4 aromatic rings. The number of carbonyl (C=O) groups excluding carboxylic acids is 1. The predicted molar refractivity (Wildman–Crippen MR) is 120 cm³/mol. The van der Waals surface area contributed by atoms with E-state index in [1.54, 1.807) is 32.4 Å². The third kappa shape index (κ3) is 3.57. The van der Waals surface area contributed by atoms with Crippen LogP contribution in [0.4, 0.5) is 11.4 Å². The third-order valence-electron chi connectivity index (χ3n) is 4.64. The van der Waals surface area contributed by atoms with Crippen molar-refractivity contribution >= 4 is 49.7 Å². The molecule has 30 heavy (non-hydrogen) atoms. The Labute approximate surface area is 177 Å². The fourth-order valence-electron chi connectivity index (χ4n) is 3.21. The number of fused-ring (bicyclic) bond motifs is 2. The molecule has 2 aromatic carbocycles. The summed E-state index contributed by atoms with van der Waals surface area (Å²) in [5.41, 5.74) is 8.12. The van der Waals surface area contributed by atoms with Crippen LogP contribution in [0.3, 0.4) is 0 Å². The molecule has 0 aliphatic rings. The summed E-state index contributed by atoms with van der Waals surface area (Å²) in [7, 11) is 3.10. The molecule has 2 aromatic heterocycles. The Morgan fingerprint density at radius 2 is 1.90 bits per heavy atom. The lowest BCUT2D eigenvalue weighted by atomic mass is 10.1. The fourth-order valence-corrected chi connectivity index (χ4v) is 4.19. The van der Waals surface area contributed by atoms with Crippen LogP contribution in [-0.2, 0) is 0 Å². The van der Waals surface area contributed by atoms with Crippen LogP contribution >= 0.6 is 11.3 Å². The predicted octanol–water partition coefficient (Wildman–Crippen LogP) is 4.70. The van der Waals surface area contributed by atoms with Crippen LogP contribution in [0.25, 0.3) is 21.1 Å². The van der Waals surface area contributed by atoms with Crippen LogP contribution in [0, 0.1) is 0 Å². The van der Waals surface area contributed by atoms with E-state index in [9.17, 15) is 4.79 Å². The highest BCUT2D eigenvalue weighted by molar-refractivity contribution is 7.21. The summed E-state index contributed by atoms with van der Waals surface area (Å²) in [6.45, 7) is 2.52. The Morgan fingerprint density at radius 3 is 2.63 bits per heavy atom. The summed E-state index contributed by atoms with van der Waals surface area (Å²) in [5, 5.41) is 4.52. The normalized spacial score (nSPS) is 10.9. The number of nitrogen functional groups attached to an aromatic ring is 1. The molecule has 7 nitrogen and oxygen atoms in total. The van der Waals surface area contributed by atoms with Gasteiger partial charge in [0, 0.05) is 22.5 Å². The Hall–Kier alpha value is -3.52. The standard InChI is InChI=1S/C22H21N3O4S/c1-4-29-14-6-7-16-12(9-14)10-15-19(23)20(30-22(15)25-16)21(26)24-13-5-8-17(27-2)18(11-13)28-3/h5-11H,4,23H2,1-3H3,(H,24,26).